The summed E-state index contributed by atoms with van der Waals surface area (Å²) in [6.07, 6.45) is 0.521. The molecule has 0 amide bonds. The quantitative estimate of drug-likeness (QED) is 0.569. The van der Waals surface area contributed by atoms with Crippen LogP contribution in [0.2, 0.25) is 0 Å². The molecule has 0 heterocycles. The van der Waals surface area contributed by atoms with E-state index in [1.807, 2.05) is 38.1 Å². The Hall–Kier alpha value is -2.33. The van der Waals surface area contributed by atoms with Crippen LogP contribution in [-0.4, -0.2) is 19.2 Å². The minimum atomic E-state index is -0.280. The number of rotatable bonds is 7. The van der Waals surface area contributed by atoms with Gasteiger partial charge in [0, 0.05) is 12.2 Å². The number of ether oxygens (including phenoxy) is 3. The summed E-state index contributed by atoms with van der Waals surface area (Å²) in [5.41, 5.74) is 0.621. The van der Waals surface area contributed by atoms with E-state index in [2.05, 4.69) is 0 Å². The van der Waals surface area contributed by atoms with E-state index >= 15 is 0 Å². The monoisotopic (exact) mass is 286 g/mol. The van der Waals surface area contributed by atoms with Crippen LogP contribution >= 0.6 is 0 Å². The lowest BCUT2D eigenvalue weighted by Crippen LogP contribution is -2.15. The zero-order chi connectivity index (χ0) is 15.1. The van der Waals surface area contributed by atoms with Crippen molar-refractivity contribution in [2.75, 3.05) is 6.61 Å². The van der Waals surface area contributed by atoms with Crippen LogP contribution in [0.4, 0.5) is 0 Å². The minimum absolute atomic E-state index is 0.280. The van der Waals surface area contributed by atoms with Crippen LogP contribution in [-0.2, 0) is 4.74 Å². The maximum absolute atomic E-state index is 10.6. The molecule has 2 aromatic carbocycles. The summed E-state index contributed by atoms with van der Waals surface area (Å²) in [6, 6.07) is 14.2. The first-order valence-corrected chi connectivity index (χ1v) is 6.82. The summed E-state index contributed by atoms with van der Waals surface area (Å²) < 4.78 is 16.6. The Morgan fingerprint density at radius 2 is 1.48 bits per heavy atom. The molecule has 0 saturated heterocycles. The van der Waals surface area contributed by atoms with Gasteiger partial charge in [-0.05, 0) is 62.4 Å². The summed E-state index contributed by atoms with van der Waals surface area (Å²) in [7, 11) is 0. The maximum Gasteiger partial charge on any atom is 0.196 e. The molecule has 1 atom stereocenters. The van der Waals surface area contributed by atoms with Crippen molar-refractivity contribution in [2.24, 2.45) is 0 Å². The van der Waals surface area contributed by atoms with Crippen molar-refractivity contribution >= 4 is 6.29 Å². The summed E-state index contributed by atoms with van der Waals surface area (Å²) in [5, 5.41) is 0. The van der Waals surface area contributed by atoms with E-state index in [-0.39, 0.29) is 6.29 Å². The van der Waals surface area contributed by atoms with Gasteiger partial charge in [-0.25, -0.2) is 0 Å². The van der Waals surface area contributed by atoms with Gasteiger partial charge in [0.2, 0.25) is 0 Å². The van der Waals surface area contributed by atoms with E-state index in [1.165, 1.54) is 0 Å². The summed E-state index contributed by atoms with van der Waals surface area (Å²) in [4.78, 5) is 10.6. The van der Waals surface area contributed by atoms with Gasteiger partial charge in [0.25, 0.3) is 0 Å². The van der Waals surface area contributed by atoms with Gasteiger partial charge in [0.1, 0.15) is 23.5 Å². The lowest BCUT2D eigenvalue weighted by atomic mass is 10.2. The fourth-order valence-electron chi connectivity index (χ4n) is 1.80. The lowest BCUT2D eigenvalue weighted by molar-refractivity contribution is -0.0613. The SMILES string of the molecule is CCOC(C)Oc1ccc(Oc2ccc(C=O)cc2)cc1. The first-order valence-electron chi connectivity index (χ1n) is 6.82. The van der Waals surface area contributed by atoms with Gasteiger partial charge in [-0.2, -0.15) is 0 Å². The number of hydrogen-bond donors (Lipinski definition) is 0. The fourth-order valence-corrected chi connectivity index (χ4v) is 1.80. The second-order valence-electron chi connectivity index (χ2n) is 4.40. The summed E-state index contributed by atoms with van der Waals surface area (Å²) in [6.45, 7) is 4.38. The molecule has 0 radical (unpaired) electrons. The molecule has 0 spiro atoms. The number of benzene rings is 2. The van der Waals surface area contributed by atoms with Gasteiger partial charge in [0.05, 0.1) is 0 Å². The van der Waals surface area contributed by atoms with Crippen molar-refractivity contribution in [3.8, 4) is 17.2 Å². The van der Waals surface area contributed by atoms with Gasteiger partial charge in [-0.1, -0.05) is 0 Å². The van der Waals surface area contributed by atoms with Crippen LogP contribution in [0.5, 0.6) is 17.2 Å². The topological polar surface area (TPSA) is 44.8 Å². The summed E-state index contributed by atoms with van der Waals surface area (Å²) in [5.74, 6) is 2.10. The number of carbonyl (C=O) groups excluding carboxylic acids is 1. The molecule has 4 heteroatoms. The molecule has 4 nitrogen and oxygen atoms in total. The lowest BCUT2D eigenvalue weighted by Gasteiger charge is -2.14. The van der Waals surface area contributed by atoms with E-state index in [0.717, 1.165) is 12.0 Å². The predicted octanol–water partition coefficient (Wildman–Crippen LogP) is 4.05. The molecule has 0 N–H and O–H groups in total. The Labute approximate surface area is 124 Å². The Bertz CT molecular complexity index is 560. The van der Waals surface area contributed by atoms with Gasteiger partial charge in [-0.3, -0.25) is 4.79 Å². The largest absolute Gasteiger partial charge is 0.465 e. The summed E-state index contributed by atoms with van der Waals surface area (Å²) >= 11 is 0. The van der Waals surface area contributed by atoms with Crippen LogP contribution in [0.1, 0.15) is 24.2 Å². The van der Waals surface area contributed by atoms with Crippen molar-refractivity contribution in [1.29, 1.82) is 0 Å². The Kier molecular flexibility index (Phi) is 5.35. The first kappa shape index (κ1) is 15.1. The van der Waals surface area contributed by atoms with Crippen LogP contribution in [0, 0.1) is 0 Å². The molecule has 1 unspecified atom stereocenters. The van der Waals surface area contributed by atoms with E-state index in [1.54, 1.807) is 24.3 Å². The van der Waals surface area contributed by atoms with Crippen molar-refractivity contribution in [3.63, 3.8) is 0 Å². The highest BCUT2D eigenvalue weighted by molar-refractivity contribution is 5.74. The number of hydrogen-bond acceptors (Lipinski definition) is 4. The number of aldehydes is 1. The zero-order valence-electron chi connectivity index (χ0n) is 12.1. The molecule has 0 saturated carbocycles. The molecule has 0 aliphatic rings. The van der Waals surface area contributed by atoms with E-state index in [0.29, 0.717) is 23.7 Å². The van der Waals surface area contributed by atoms with Crippen molar-refractivity contribution < 1.29 is 19.0 Å². The van der Waals surface area contributed by atoms with E-state index in [4.69, 9.17) is 14.2 Å². The highest BCUT2D eigenvalue weighted by atomic mass is 16.7. The van der Waals surface area contributed by atoms with Gasteiger partial charge in [-0.15, -0.1) is 0 Å². The fraction of sp³-hybridized carbons (Fsp3) is 0.235. The predicted molar refractivity (Wildman–Crippen MR) is 80.1 cm³/mol. The molecular formula is C17H18O4. The van der Waals surface area contributed by atoms with Crippen LogP contribution in [0.3, 0.4) is 0 Å². The molecule has 0 aliphatic carbocycles. The smallest absolute Gasteiger partial charge is 0.196 e. The second kappa shape index (κ2) is 7.45. The molecule has 21 heavy (non-hydrogen) atoms. The Morgan fingerprint density at radius 3 is 2.00 bits per heavy atom. The standard InChI is InChI=1S/C17H18O4/c1-3-19-13(2)20-15-8-10-17(11-9-15)21-16-6-4-14(12-18)5-7-16/h4-13H,3H2,1-2H3. The van der Waals surface area contributed by atoms with Gasteiger partial charge >= 0.3 is 0 Å². The maximum atomic E-state index is 10.6. The average Bonchev–Trinajstić information content (AvgIpc) is 2.50. The van der Waals surface area contributed by atoms with Crippen LogP contribution in [0.25, 0.3) is 0 Å². The van der Waals surface area contributed by atoms with Crippen molar-refractivity contribution in [2.45, 2.75) is 20.1 Å². The molecule has 2 rings (SSSR count). The Balaban J connectivity index is 1.96. The van der Waals surface area contributed by atoms with Gasteiger partial charge in [0.15, 0.2) is 6.29 Å². The van der Waals surface area contributed by atoms with Crippen molar-refractivity contribution in [1.82, 2.24) is 0 Å². The number of carbonyl (C=O) groups is 1. The highest BCUT2D eigenvalue weighted by Crippen LogP contribution is 2.24. The zero-order valence-corrected chi connectivity index (χ0v) is 12.1. The van der Waals surface area contributed by atoms with Crippen LogP contribution in [0.15, 0.2) is 48.5 Å². The average molecular weight is 286 g/mol. The first-order chi connectivity index (χ1) is 10.2. The third kappa shape index (κ3) is 4.61. The second-order valence-corrected chi connectivity index (χ2v) is 4.40. The molecule has 0 fully saturated rings. The van der Waals surface area contributed by atoms with Crippen LogP contribution < -0.4 is 9.47 Å². The molecule has 2 aromatic rings. The van der Waals surface area contributed by atoms with Gasteiger partial charge < -0.3 is 14.2 Å². The van der Waals surface area contributed by atoms with Crippen molar-refractivity contribution in [3.05, 3.63) is 54.1 Å². The van der Waals surface area contributed by atoms with E-state index < -0.39 is 0 Å². The highest BCUT2D eigenvalue weighted by Gasteiger charge is 2.03. The third-order valence-electron chi connectivity index (χ3n) is 2.78. The molecule has 0 aliphatic heterocycles. The van der Waals surface area contributed by atoms with E-state index in [9.17, 15) is 4.79 Å². The minimum Gasteiger partial charge on any atom is -0.465 e. The Morgan fingerprint density at radius 1 is 0.952 bits per heavy atom. The molecule has 0 aromatic heterocycles. The normalized spacial score (nSPS) is 11.7. The molecule has 0 bridgehead atoms. The third-order valence-corrected chi connectivity index (χ3v) is 2.78. The molecular weight excluding hydrogens is 268 g/mol. The molecule has 110 valence electrons.